The first-order valence-electron chi connectivity index (χ1n) is 11.7. The first-order chi connectivity index (χ1) is 17.3. The second kappa shape index (κ2) is 10.6. The van der Waals surface area contributed by atoms with Crippen LogP contribution >= 0.6 is 0 Å². The molecule has 1 atom stereocenters. The summed E-state index contributed by atoms with van der Waals surface area (Å²) in [6, 6.07) is 19.0. The molecule has 0 radical (unpaired) electrons. The van der Waals surface area contributed by atoms with Gasteiger partial charge in [0.2, 0.25) is 0 Å². The molecular formula is C29H28FNO5. The quantitative estimate of drug-likeness (QED) is 0.265. The summed E-state index contributed by atoms with van der Waals surface area (Å²) in [4.78, 5) is 27.9. The van der Waals surface area contributed by atoms with Crippen molar-refractivity contribution in [2.24, 2.45) is 0 Å². The minimum Gasteiger partial charge on any atom is -0.507 e. The van der Waals surface area contributed by atoms with Gasteiger partial charge in [-0.2, -0.15) is 0 Å². The van der Waals surface area contributed by atoms with Crippen LogP contribution < -0.4 is 9.47 Å². The molecule has 4 rings (SSSR count). The number of carbonyl (C=O) groups excluding carboxylic acids is 2. The molecule has 1 aliphatic heterocycles. The predicted molar refractivity (Wildman–Crippen MR) is 134 cm³/mol. The van der Waals surface area contributed by atoms with E-state index in [1.54, 1.807) is 60.7 Å². The summed E-state index contributed by atoms with van der Waals surface area (Å²) in [5, 5.41) is 11.2. The van der Waals surface area contributed by atoms with Crippen molar-refractivity contribution in [3.05, 3.63) is 101 Å². The Bertz CT molecular complexity index is 1280. The normalized spacial score (nSPS) is 17.0. The summed E-state index contributed by atoms with van der Waals surface area (Å²) < 4.78 is 24.4. The number of nitrogens with zero attached hydrogens (tertiary/aromatic N) is 1. The van der Waals surface area contributed by atoms with Crippen LogP contribution in [0.5, 0.6) is 11.5 Å². The largest absolute Gasteiger partial charge is 0.507 e. The molecule has 1 N–H and O–H groups in total. The van der Waals surface area contributed by atoms with Crippen LogP contribution in [0.3, 0.4) is 0 Å². The lowest BCUT2D eigenvalue weighted by molar-refractivity contribution is -0.139. The third-order valence-corrected chi connectivity index (χ3v) is 6.00. The molecule has 186 valence electrons. The molecule has 0 bridgehead atoms. The van der Waals surface area contributed by atoms with Crippen LogP contribution in [0.4, 0.5) is 4.39 Å². The Kier molecular flexibility index (Phi) is 7.38. The number of hydrogen-bond donors (Lipinski definition) is 1. The lowest BCUT2D eigenvalue weighted by atomic mass is 9.95. The number of rotatable bonds is 8. The average molecular weight is 490 g/mol. The van der Waals surface area contributed by atoms with Crippen molar-refractivity contribution < 1.29 is 28.6 Å². The van der Waals surface area contributed by atoms with Gasteiger partial charge in [-0.3, -0.25) is 9.59 Å². The summed E-state index contributed by atoms with van der Waals surface area (Å²) in [6.07, 6.45) is 0.346. The van der Waals surface area contributed by atoms with Gasteiger partial charge in [-0.15, -0.1) is 0 Å². The number of halogens is 1. The predicted octanol–water partition coefficient (Wildman–Crippen LogP) is 5.29. The maximum atomic E-state index is 13.3. The van der Waals surface area contributed by atoms with Gasteiger partial charge in [0.05, 0.1) is 24.8 Å². The standard InChI is InChI=1S/C29H28FNO5/c1-18(2)36-24-6-4-5-21(17-24)26-25(27(32)20-9-13-23(35-3)14-10-20)28(33)29(34)31(26)16-15-19-7-11-22(30)12-8-19/h4-14,17-18,26,32H,15-16H2,1-3H3/b27-25-. The van der Waals surface area contributed by atoms with Crippen LogP contribution in [-0.4, -0.2) is 41.5 Å². The number of ketones is 1. The Morgan fingerprint density at radius 1 is 1.00 bits per heavy atom. The summed E-state index contributed by atoms with van der Waals surface area (Å²) in [5.41, 5.74) is 1.86. The molecule has 0 aromatic heterocycles. The topological polar surface area (TPSA) is 76.1 Å². The fraction of sp³-hybridized carbons (Fsp3) is 0.241. The highest BCUT2D eigenvalue weighted by atomic mass is 19.1. The number of methoxy groups -OCH3 is 1. The van der Waals surface area contributed by atoms with E-state index in [-0.39, 0.29) is 29.8 Å². The molecule has 1 unspecified atom stereocenters. The Labute approximate surface area is 209 Å². The van der Waals surface area contributed by atoms with Gasteiger partial charge in [0, 0.05) is 12.1 Å². The Morgan fingerprint density at radius 2 is 1.69 bits per heavy atom. The Hall–Kier alpha value is -4.13. The summed E-state index contributed by atoms with van der Waals surface area (Å²) in [7, 11) is 1.54. The van der Waals surface area contributed by atoms with Crippen molar-refractivity contribution in [1.82, 2.24) is 4.90 Å². The number of aliphatic hydroxyl groups excluding tert-OH is 1. The van der Waals surface area contributed by atoms with Crippen molar-refractivity contribution in [3.63, 3.8) is 0 Å². The molecule has 7 heteroatoms. The highest BCUT2D eigenvalue weighted by Crippen LogP contribution is 2.40. The fourth-order valence-electron chi connectivity index (χ4n) is 4.29. The second-order valence-electron chi connectivity index (χ2n) is 8.84. The van der Waals surface area contributed by atoms with Gasteiger partial charge in [0.15, 0.2) is 0 Å². The molecule has 0 aliphatic carbocycles. The number of ether oxygens (including phenoxy) is 2. The highest BCUT2D eigenvalue weighted by Gasteiger charge is 2.46. The molecule has 1 amide bonds. The van der Waals surface area contributed by atoms with Gasteiger partial charge in [-0.1, -0.05) is 24.3 Å². The lowest BCUT2D eigenvalue weighted by Gasteiger charge is -2.26. The number of benzene rings is 3. The van der Waals surface area contributed by atoms with Crippen LogP contribution in [0.1, 0.15) is 36.6 Å². The Balaban J connectivity index is 1.77. The molecule has 3 aromatic carbocycles. The molecule has 6 nitrogen and oxygen atoms in total. The van der Waals surface area contributed by atoms with Crippen LogP contribution in [0, 0.1) is 5.82 Å². The summed E-state index contributed by atoms with van der Waals surface area (Å²) >= 11 is 0. The number of likely N-dealkylation sites (tertiary alicyclic amines) is 1. The van der Waals surface area contributed by atoms with Crippen molar-refractivity contribution in [2.45, 2.75) is 32.4 Å². The second-order valence-corrected chi connectivity index (χ2v) is 8.84. The van der Waals surface area contributed by atoms with E-state index in [2.05, 4.69) is 0 Å². The number of carbonyl (C=O) groups is 2. The highest BCUT2D eigenvalue weighted by molar-refractivity contribution is 6.46. The zero-order valence-electron chi connectivity index (χ0n) is 20.4. The fourth-order valence-corrected chi connectivity index (χ4v) is 4.29. The smallest absolute Gasteiger partial charge is 0.295 e. The monoisotopic (exact) mass is 489 g/mol. The van der Waals surface area contributed by atoms with Gasteiger partial charge in [0.1, 0.15) is 23.1 Å². The zero-order valence-corrected chi connectivity index (χ0v) is 20.4. The van der Waals surface area contributed by atoms with Gasteiger partial charge in [-0.05, 0) is 79.9 Å². The minimum atomic E-state index is -0.816. The van der Waals surface area contributed by atoms with Gasteiger partial charge >= 0.3 is 0 Å². The van der Waals surface area contributed by atoms with Crippen molar-refractivity contribution >= 4 is 17.4 Å². The van der Waals surface area contributed by atoms with E-state index in [1.807, 2.05) is 13.8 Å². The van der Waals surface area contributed by atoms with E-state index in [9.17, 15) is 19.1 Å². The molecule has 3 aromatic rings. The zero-order chi connectivity index (χ0) is 25.8. The molecule has 36 heavy (non-hydrogen) atoms. The van der Waals surface area contributed by atoms with Crippen molar-refractivity contribution in [1.29, 1.82) is 0 Å². The number of aliphatic hydroxyl groups is 1. The minimum absolute atomic E-state index is 0.00553. The van der Waals surface area contributed by atoms with E-state index in [0.717, 1.165) is 5.56 Å². The molecule has 1 fully saturated rings. The van der Waals surface area contributed by atoms with Crippen LogP contribution in [0.15, 0.2) is 78.4 Å². The lowest BCUT2D eigenvalue weighted by Crippen LogP contribution is -2.31. The molecule has 1 aliphatic rings. The van der Waals surface area contributed by atoms with Gasteiger partial charge in [0.25, 0.3) is 11.7 Å². The van der Waals surface area contributed by atoms with E-state index in [1.165, 1.54) is 24.1 Å². The van der Waals surface area contributed by atoms with Crippen molar-refractivity contribution in [3.8, 4) is 11.5 Å². The van der Waals surface area contributed by atoms with Crippen LogP contribution in [-0.2, 0) is 16.0 Å². The number of amides is 1. The van der Waals surface area contributed by atoms with Gasteiger partial charge < -0.3 is 19.5 Å². The number of hydrogen-bond acceptors (Lipinski definition) is 5. The van der Waals surface area contributed by atoms with Crippen molar-refractivity contribution in [2.75, 3.05) is 13.7 Å². The van der Waals surface area contributed by atoms with Crippen LogP contribution in [0.25, 0.3) is 5.76 Å². The summed E-state index contributed by atoms with van der Waals surface area (Å²) in [5.74, 6) is -0.881. The van der Waals surface area contributed by atoms with Gasteiger partial charge in [-0.25, -0.2) is 4.39 Å². The maximum Gasteiger partial charge on any atom is 0.295 e. The van der Waals surface area contributed by atoms with E-state index >= 15 is 0 Å². The van der Waals surface area contributed by atoms with Crippen LogP contribution in [0.2, 0.25) is 0 Å². The van der Waals surface area contributed by atoms with E-state index in [0.29, 0.717) is 29.0 Å². The Morgan fingerprint density at radius 3 is 2.33 bits per heavy atom. The molecule has 1 heterocycles. The molecule has 0 saturated carbocycles. The third kappa shape index (κ3) is 5.25. The maximum absolute atomic E-state index is 13.3. The molecule has 0 spiro atoms. The van der Waals surface area contributed by atoms with E-state index < -0.39 is 17.7 Å². The first kappa shape index (κ1) is 25.0. The van der Waals surface area contributed by atoms with E-state index in [4.69, 9.17) is 9.47 Å². The average Bonchev–Trinajstić information content (AvgIpc) is 3.12. The first-order valence-corrected chi connectivity index (χ1v) is 11.7. The third-order valence-electron chi connectivity index (χ3n) is 6.00. The number of Topliss-reactive ketones (excluding diaryl/α,β-unsaturated/α-hetero) is 1. The summed E-state index contributed by atoms with van der Waals surface area (Å²) in [6.45, 7) is 4.02. The molecular weight excluding hydrogens is 461 g/mol. The molecule has 1 saturated heterocycles. The SMILES string of the molecule is COc1ccc(/C(O)=C2/C(=O)C(=O)N(CCc3ccc(F)cc3)C2c2cccc(OC(C)C)c2)cc1.